The average molecular weight is 802 g/mol. The van der Waals surface area contributed by atoms with E-state index in [1.165, 1.54) is 28.7 Å². The standard InChI is InChI=1S/C41H42N4O.Pt/c1-24(2)31-18-19-42-39(21-31)44-37-15-10-9-14-35(37)36-17-16-34(23-38(36)44)46-33-13-11-12-32(22-33)45-30(8)41(29(7)43-45)40-27(5)25(3)20-26(4)28(40)6;/h9-19,21,24-25,27,40H,20H2,1-8H3;/q-2;+2/t25-,27-,40?;/m0./s1. The summed E-state index contributed by atoms with van der Waals surface area (Å²) in [6, 6.07) is 29.9. The molecule has 1 aliphatic rings. The van der Waals surface area contributed by atoms with Gasteiger partial charge in [0.1, 0.15) is 5.82 Å². The second-order valence-electron chi connectivity index (χ2n) is 13.5. The summed E-state index contributed by atoms with van der Waals surface area (Å²) in [5, 5.41) is 7.31. The zero-order chi connectivity index (χ0) is 32.3. The Bertz CT molecular complexity index is 2130. The Hall–Kier alpha value is -3.95. The maximum Gasteiger partial charge on any atom is 2.00 e. The molecule has 6 heteroatoms. The Morgan fingerprint density at radius 2 is 1.64 bits per heavy atom. The summed E-state index contributed by atoms with van der Waals surface area (Å²) in [4.78, 5) is 4.78. The Labute approximate surface area is 292 Å². The van der Waals surface area contributed by atoms with Crippen LogP contribution in [0.1, 0.15) is 82.3 Å². The summed E-state index contributed by atoms with van der Waals surface area (Å²) in [7, 11) is 0. The van der Waals surface area contributed by atoms with Crippen LogP contribution in [-0.4, -0.2) is 19.3 Å². The summed E-state index contributed by atoms with van der Waals surface area (Å²) < 4.78 is 10.7. The first-order valence-corrected chi connectivity index (χ1v) is 16.5. The number of para-hydroxylation sites is 1. The van der Waals surface area contributed by atoms with E-state index in [0.717, 1.165) is 44.7 Å². The minimum Gasteiger partial charge on any atom is -0.509 e. The molecule has 47 heavy (non-hydrogen) atoms. The summed E-state index contributed by atoms with van der Waals surface area (Å²) in [6.45, 7) is 18.1. The normalized spacial score (nSPS) is 18.3. The van der Waals surface area contributed by atoms with Crippen LogP contribution in [0.2, 0.25) is 0 Å². The van der Waals surface area contributed by atoms with Gasteiger partial charge in [-0.2, -0.15) is 17.2 Å². The predicted octanol–water partition coefficient (Wildman–Crippen LogP) is 10.6. The number of hydrogen-bond donors (Lipinski definition) is 0. The molecule has 1 unspecified atom stereocenters. The van der Waals surface area contributed by atoms with Gasteiger partial charge in [0, 0.05) is 40.4 Å². The second kappa shape index (κ2) is 12.9. The van der Waals surface area contributed by atoms with E-state index in [2.05, 4.69) is 121 Å². The van der Waals surface area contributed by atoms with E-state index < -0.39 is 0 Å². The molecule has 0 saturated heterocycles. The van der Waals surface area contributed by atoms with Crippen molar-refractivity contribution in [3.05, 3.63) is 119 Å². The molecular formula is C41H42N4OPt. The van der Waals surface area contributed by atoms with Crippen LogP contribution >= 0.6 is 0 Å². The molecule has 0 N–H and O–H groups in total. The van der Waals surface area contributed by atoms with Crippen molar-refractivity contribution in [1.29, 1.82) is 0 Å². The first kappa shape index (κ1) is 33.0. The fourth-order valence-corrected chi connectivity index (χ4v) is 7.46. The molecule has 1 aliphatic carbocycles. The van der Waals surface area contributed by atoms with Gasteiger partial charge in [-0.25, -0.2) is 4.98 Å². The van der Waals surface area contributed by atoms with E-state index in [1.54, 1.807) is 0 Å². The van der Waals surface area contributed by atoms with Crippen LogP contribution in [0.15, 0.2) is 84.1 Å². The van der Waals surface area contributed by atoms with Gasteiger partial charge in [-0.15, -0.1) is 35.7 Å². The van der Waals surface area contributed by atoms with Gasteiger partial charge < -0.3 is 9.30 Å². The molecule has 3 atom stereocenters. The van der Waals surface area contributed by atoms with Crippen molar-refractivity contribution in [2.75, 3.05) is 0 Å². The van der Waals surface area contributed by atoms with Crippen LogP contribution in [0.25, 0.3) is 33.3 Å². The first-order valence-electron chi connectivity index (χ1n) is 16.5. The fraction of sp³-hybridized carbons (Fsp3) is 0.317. The molecule has 242 valence electrons. The number of rotatable bonds is 6. The Balaban J connectivity index is 0.00000386. The van der Waals surface area contributed by atoms with Crippen LogP contribution in [0.4, 0.5) is 0 Å². The molecule has 3 aromatic heterocycles. The molecule has 0 aliphatic heterocycles. The van der Waals surface area contributed by atoms with Gasteiger partial charge in [-0.3, -0.25) is 4.68 Å². The minimum atomic E-state index is 0. The average Bonchev–Trinajstić information content (AvgIpc) is 3.53. The summed E-state index contributed by atoms with van der Waals surface area (Å²) in [5.41, 5.74) is 10.7. The quantitative estimate of drug-likeness (QED) is 0.124. The molecule has 0 amide bonds. The van der Waals surface area contributed by atoms with Crippen molar-refractivity contribution >= 4 is 21.8 Å². The van der Waals surface area contributed by atoms with Crippen molar-refractivity contribution in [3.8, 4) is 23.0 Å². The number of aromatic nitrogens is 4. The number of pyridine rings is 1. The number of benzene rings is 3. The number of aryl methyl sites for hydroxylation is 1. The van der Waals surface area contributed by atoms with Crippen LogP contribution in [0.5, 0.6) is 11.5 Å². The summed E-state index contributed by atoms with van der Waals surface area (Å²) >= 11 is 0. The Morgan fingerprint density at radius 1 is 0.872 bits per heavy atom. The van der Waals surface area contributed by atoms with Gasteiger partial charge in [0.2, 0.25) is 0 Å². The number of nitrogens with zero attached hydrogens (tertiary/aromatic N) is 4. The second-order valence-corrected chi connectivity index (χ2v) is 13.5. The van der Waals surface area contributed by atoms with Gasteiger partial charge in [-0.1, -0.05) is 62.6 Å². The molecule has 3 aromatic carbocycles. The van der Waals surface area contributed by atoms with Crippen LogP contribution in [0, 0.1) is 37.8 Å². The SMILES string of the molecule is CC1=C(C)C(c2c(C)nn(-c3[c-]c(Oc4[c-]c5c(cc4)c4ccccc4n5-c4cc(C(C)C)ccn4)ccc3)c2C)[C@@H](C)[C@@H](C)C1.[Pt+2]. The number of hydrogen-bond acceptors (Lipinski definition) is 3. The third-order valence-electron chi connectivity index (χ3n) is 10.3. The summed E-state index contributed by atoms with van der Waals surface area (Å²) in [5.74, 6) is 4.10. The topological polar surface area (TPSA) is 44.9 Å². The molecule has 6 aromatic rings. The zero-order valence-corrected chi connectivity index (χ0v) is 30.7. The van der Waals surface area contributed by atoms with E-state index >= 15 is 0 Å². The van der Waals surface area contributed by atoms with Crippen molar-refractivity contribution in [1.82, 2.24) is 19.3 Å². The molecule has 7 rings (SSSR count). The van der Waals surface area contributed by atoms with Gasteiger partial charge in [0.05, 0.1) is 5.69 Å². The third-order valence-corrected chi connectivity index (χ3v) is 10.3. The first-order chi connectivity index (χ1) is 22.1. The minimum absolute atomic E-state index is 0. The largest absolute Gasteiger partial charge is 2.00 e. The Morgan fingerprint density at radius 3 is 2.43 bits per heavy atom. The van der Waals surface area contributed by atoms with Crippen LogP contribution < -0.4 is 4.74 Å². The molecule has 0 bridgehead atoms. The van der Waals surface area contributed by atoms with Crippen molar-refractivity contribution in [3.63, 3.8) is 0 Å². The van der Waals surface area contributed by atoms with E-state index in [9.17, 15) is 0 Å². The van der Waals surface area contributed by atoms with Gasteiger partial charge in [0.25, 0.3) is 0 Å². The van der Waals surface area contributed by atoms with Crippen LogP contribution in [-0.2, 0) is 21.1 Å². The molecule has 0 radical (unpaired) electrons. The maximum atomic E-state index is 6.46. The zero-order valence-electron chi connectivity index (χ0n) is 28.5. The molecule has 0 saturated carbocycles. The maximum absolute atomic E-state index is 6.46. The number of ether oxygens (including phenoxy) is 1. The monoisotopic (exact) mass is 801 g/mol. The molecule has 0 fully saturated rings. The predicted molar refractivity (Wildman–Crippen MR) is 188 cm³/mol. The van der Waals surface area contributed by atoms with Crippen molar-refractivity contribution in [2.24, 2.45) is 11.8 Å². The van der Waals surface area contributed by atoms with Gasteiger partial charge >= 0.3 is 21.1 Å². The molecule has 0 spiro atoms. The fourth-order valence-electron chi connectivity index (χ4n) is 7.46. The Kier molecular flexibility index (Phi) is 9.06. The smallest absolute Gasteiger partial charge is 0.509 e. The van der Waals surface area contributed by atoms with Gasteiger partial charge in [0.15, 0.2) is 0 Å². The molecule has 3 heterocycles. The van der Waals surface area contributed by atoms with Crippen LogP contribution in [0.3, 0.4) is 0 Å². The van der Waals surface area contributed by atoms with E-state index in [1.807, 2.05) is 29.1 Å². The van der Waals surface area contributed by atoms with Crippen molar-refractivity contribution < 1.29 is 25.8 Å². The number of fused-ring (bicyclic) bond motifs is 3. The van der Waals surface area contributed by atoms with E-state index in [0.29, 0.717) is 35.2 Å². The van der Waals surface area contributed by atoms with E-state index in [4.69, 9.17) is 14.8 Å². The molecular weight excluding hydrogens is 760 g/mol. The van der Waals surface area contributed by atoms with Crippen molar-refractivity contribution in [2.45, 2.75) is 73.6 Å². The number of allylic oxidation sites excluding steroid dienone is 2. The summed E-state index contributed by atoms with van der Waals surface area (Å²) in [6.07, 6.45) is 3.07. The third kappa shape index (κ3) is 5.78. The van der Waals surface area contributed by atoms with E-state index in [-0.39, 0.29) is 21.1 Å². The molecule has 5 nitrogen and oxygen atoms in total. The van der Waals surface area contributed by atoms with Gasteiger partial charge in [-0.05, 0) is 86.7 Å².